The third-order valence-electron chi connectivity index (χ3n) is 6.33. The molecule has 1 aromatic carbocycles. The zero-order valence-corrected chi connectivity index (χ0v) is 20.5. The van der Waals surface area contributed by atoms with Gasteiger partial charge in [-0.3, -0.25) is 4.79 Å². The van der Waals surface area contributed by atoms with Gasteiger partial charge in [-0.05, 0) is 75.0 Å². The number of amides is 1. The molecule has 0 unspecified atom stereocenters. The predicted octanol–water partition coefficient (Wildman–Crippen LogP) is 4.26. The Kier molecular flexibility index (Phi) is 6.29. The first-order valence-corrected chi connectivity index (χ1v) is 12.1. The third kappa shape index (κ3) is 5.13. The van der Waals surface area contributed by atoms with Crippen LogP contribution in [0.2, 0.25) is 0 Å². The van der Waals surface area contributed by atoms with Crippen molar-refractivity contribution in [3.05, 3.63) is 64.7 Å². The van der Waals surface area contributed by atoms with Crippen molar-refractivity contribution in [3.63, 3.8) is 0 Å². The Morgan fingerprint density at radius 1 is 1.17 bits per heavy atom. The van der Waals surface area contributed by atoms with Crippen LogP contribution in [0.25, 0.3) is 0 Å². The van der Waals surface area contributed by atoms with Crippen LogP contribution >= 0.6 is 0 Å². The standard InChI is InChI=1S/C26H29F2N7O/c1-26(2,28)22-20(27)8-9-21(33-22)35(3)23-19(24(36)31-17-6-7-17)14-30-25(34-23)32-18-5-4-16-13-29-11-10-15(16)12-18/h4-5,8-9,12,14,17,29H,6-7,10-11,13H2,1-3H3,(H,31,36)(H,30,32,34). The Labute approximate surface area is 208 Å². The average molecular weight is 494 g/mol. The number of rotatable bonds is 7. The van der Waals surface area contributed by atoms with Crippen molar-refractivity contribution in [2.75, 3.05) is 23.8 Å². The van der Waals surface area contributed by atoms with Crippen molar-refractivity contribution >= 4 is 29.2 Å². The molecule has 3 heterocycles. The van der Waals surface area contributed by atoms with Crippen molar-refractivity contribution in [3.8, 4) is 0 Å². The molecule has 2 aliphatic rings. The summed E-state index contributed by atoms with van der Waals surface area (Å²) in [5, 5.41) is 9.53. The summed E-state index contributed by atoms with van der Waals surface area (Å²) in [6.07, 6.45) is 4.26. The minimum atomic E-state index is -1.98. The number of carbonyl (C=O) groups excluding carboxylic acids is 1. The molecule has 0 spiro atoms. The highest BCUT2D eigenvalue weighted by Gasteiger charge is 2.29. The van der Waals surface area contributed by atoms with Crippen molar-refractivity contribution in [1.82, 2.24) is 25.6 Å². The SMILES string of the molecule is CN(c1ccc(F)c(C(C)(C)F)n1)c1nc(Nc2ccc3c(c2)CCNC3)ncc1C(=O)NC1CC1. The van der Waals surface area contributed by atoms with E-state index in [4.69, 9.17) is 0 Å². The molecule has 0 radical (unpaired) electrons. The summed E-state index contributed by atoms with van der Waals surface area (Å²) in [6.45, 7) is 4.26. The second-order valence-corrected chi connectivity index (χ2v) is 9.75. The van der Waals surface area contributed by atoms with Crippen LogP contribution in [-0.2, 0) is 18.6 Å². The maximum Gasteiger partial charge on any atom is 0.256 e. The zero-order valence-electron chi connectivity index (χ0n) is 20.5. The Morgan fingerprint density at radius 2 is 1.97 bits per heavy atom. The van der Waals surface area contributed by atoms with Gasteiger partial charge in [0.25, 0.3) is 5.91 Å². The highest BCUT2D eigenvalue weighted by atomic mass is 19.1. The number of alkyl halides is 1. The van der Waals surface area contributed by atoms with Gasteiger partial charge in [-0.25, -0.2) is 18.7 Å². The van der Waals surface area contributed by atoms with E-state index in [0.29, 0.717) is 5.95 Å². The number of anilines is 4. The number of fused-ring (bicyclic) bond motifs is 1. The maximum absolute atomic E-state index is 14.6. The summed E-state index contributed by atoms with van der Waals surface area (Å²) < 4.78 is 28.9. The lowest BCUT2D eigenvalue weighted by Crippen LogP contribution is -2.29. The first-order chi connectivity index (χ1) is 17.2. The molecule has 1 aliphatic carbocycles. The molecule has 10 heteroatoms. The zero-order chi connectivity index (χ0) is 25.4. The van der Waals surface area contributed by atoms with E-state index in [9.17, 15) is 13.6 Å². The quantitative estimate of drug-likeness (QED) is 0.453. The summed E-state index contributed by atoms with van der Waals surface area (Å²) >= 11 is 0. The van der Waals surface area contributed by atoms with Crippen molar-refractivity contribution in [1.29, 1.82) is 0 Å². The molecule has 5 rings (SSSR count). The number of nitrogens with zero attached hydrogens (tertiary/aromatic N) is 4. The number of pyridine rings is 1. The molecule has 1 fully saturated rings. The van der Waals surface area contributed by atoms with Gasteiger partial charge < -0.3 is 20.9 Å². The van der Waals surface area contributed by atoms with E-state index in [1.165, 1.54) is 43.3 Å². The van der Waals surface area contributed by atoms with Gasteiger partial charge in [0.05, 0.1) is 0 Å². The molecule has 3 aromatic rings. The third-order valence-corrected chi connectivity index (χ3v) is 6.33. The molecule has 8 nitrogen and oxygen atoms in total. The van der Waals surface area contributed by atoms with Crippen LogP contribution in [0.5, 0.6) is 0 Å². The lowest BCUT2D eigenvalue weighted by molar-refractivity contribution is 0.0951. The van der Waals surface area contributed by atoms with Crippen LogP contribution in [0, 0.1) is 5.82 Å². The van der Waals surface area contributed by atoms with Crippen LogP contribution in [0.3, 0.4) is 0 Å². The smallest absolute Gasteiger partial charge is 0.256 e. The largest absolute Gasteiger partial charge is 0.349 e. The summed E-state index contributed by atoms with van der Waals surface area (Å²) in [5.41, 5.74) is 1.31. The van der Waals surface area contributed by atoms with Crippen molar-refractivity contribution in [2.24, 2.45) is 0 Å². The van der Waals surface area contributed by atoms with Gasteiger partial charge in [0, 0.05) is 31.5 Å². The number of hydrogen-bond donors (Lipinski definition) is 3. The van der Waals surface area contributed by atoms with Crippen molar-refractivity contribution in [2.45, 2.75) is 51.4 Å². The summed E-state index contributed by atoms with van der Waals surface area (Å²) in [4.78, 5) is 27.7. The van der Waals surface area contributed by atoms with Gasteiger partial charge in [0.1, 0.15) is 28.6 Å². The number of hydrogen-bond acceptors (Lipinski definition) is 7. The van der Waals surface area contributed by atoms with Crippen LogP contribution in [0.15, 0.2) is 36.5 Å². The van der Waals surface area contributed by atoms with E-state index in [1.54, 1.807) is 11.9 Å². The molecule has 0 saturated heterocycles. The molecule has 36 heavy (non-hydrogen) atoms. The number of halogens is 2. The Hall–Kier alpha value is -3.66. The summed E-state index contributed by atoms with van der Waals surface area (Å²) in [5.74, 6) is -0.223. The lowest BCUT2D eigenvalue weighted by Gasteiger charge is -2.23. The van der Waals surface area contributed by atoms with Crippen molar-refractivity contribution < 1.29 is 13.6 Å². The first kappa shape index (κ1) is 24.1. The molecule has 0 atom stereocenters. The second kappa shape index (κ2) is 9.42. The van der Waals surface area contributed by atoms with E-state index in [-0.39, 0.29) is 34.8 Å². The minimum Gasteiger partial charge on any atom is -0.349 e. The topological polar surface area (TPSA) is 95.1 Å². The minimum absolute atomic E-state index is 0.140. The van der Waals surface area contributed by atoms with Crippen LogP contribution in [0.4, 0.5) is 32.1 Å². The molecule has 3 N–H and O–H groups in total. The fraction of sp³-hybridized carbons (Fsp3) is 0.385. The maximum atomic E-state index is 14.6. The van der Waals surface area contributed by atoms with E-state index in [0.717, 1.165) is 38.0 Å². The highest BCUT2D eigenvalue weighted by molar-refractivity contribution is 5.99. The number of aromatic nitrogens is 3. The van der Waals surface area contributed by atoms with Gasteiger partial charge in [-0.2, -0.15) is 4.98 Å². The Morgan fingerprint density at radius 3 is 2.72 bits per heavy atom. The van der Waals surface area contributed by atoms with Gasteiger partial charge in [-0.1, -0.05) is 6.07 Å². The van der Waals surface area contributed by atoms with E-state index >= 15 is 0 Å². The molecular formula is C26H29F2N7O. The monoisotopic (exact) mass is 493 g/mol. The van der Waals surface area contributed by atoms with Crippen LogP contribution in [-0.4, -0.2) is 40.5 Å². The van der Waals surface area contributed by atoms with E-state index in [1.807, 2.05) is 6.07 Å². The fourth-order valence-corrected chi connectivity index (χ4v) is 4.17. The van der Waals surface area contributed by atoms with Crippen LogP contribution in [0.1, 0.15) is 53.9 Å². The van der Waals surface area contributed by atoms with E-state index < -0.39 is 11.5 Å². The predicted molar refractivity (Wildman–Crippen MR) is 134 cm³/mol. The van der Waals surface area contributed by atoms with Gasteiger partial charge in [-0.15, -0.1) is 0 Å². The molecule has 0 bridgehead atoms. The number of carbonyl (C=O) groups is 1. The second-order valence-electron chi connectivity index (χ2n) is 9.75. The molecule has 1 amide bonds. The molecule has 188 valence electrons. The van der Waals surface area contributed by atoms with Gasteiger partial charge in [0.2, 0.25) is 5.95 Å². The Balaban J connectivity index is 1.50. The molecule has 1 aliphatic heterocycles. The van der Waals surface area contributed by atoms with Gasteiger partial charge in [0.15, 0.2) is 5.82 Å². The average Bonchev–Trinajstić information content (AvgIpc) is 3.67. The summed E-state index contributed by atoms with van der Waals surface area (Å²) in [7, 11) is 1.65. The van der Waals surface area contributed by atoms with Gasteiger partial charge >= 0.3 is 0 Å². The number of nitrogens with one attached hydrogen (secondary N) is 3. The molecular weight excluding hydrogens is 464 g/mol. The van der Waals surface area contributed by atoms with E-state index in [2.05, 4.69) is 43.0 Å². The normalized spacial score (nSPS) is 15.2. The molecule has 2 aromatic heterocycles. The highest BCUT2D eigenvalue weighted by Crippen LogP contribution is 2.31. The molecule has 1 saturated carbocycles. The summed E-state index contributed by atoms with van der Waals surface area (Å²) in [6, 6.07) is 8.84. The fourth-order valence-electron chi connectivity index (χ4n) is 4.17. The lowest BCUT2D eigenvalue weighted by atomic mass is 10.0. The first-order valence-electron chi connectivity index (χ1n) is 12.1. The Bertz CT molecular complexity index is 1300. The number of benzene rings is 1. The van der Waals surface area contributed by atoms with Crippen LogP contribution < -0.4 is 20.9 Å².